The first-order valence-corrected chi connectivity index (χ1v) is 6.72. The second-order valence-electron chi connectivity index (χ2n) is 4.88. The van der Waals surface area contributed by atoms with Crippen LogP contribution in [0.4, 0.5) is 17.1 Å². The summed E-state index contributed by atoms with van der Waals surface area (Å²) in [5.41, 5.74) is 2.27. The molecule has 112 valence electrons. The summed E-state index contributed by atoms with van der Waals surface area (Å²) in [6.07, 6.45) is -0.507. The Hall–Kier alpha value is -3.09. The highest BCUT2D eigenvalue weighted by atomic mass is 16.6. The molecule has 2 aromatic carbocycles. The standard InChI is InChI=1S/C15H14N4O3/c1-16-12-7-6-9(8-13(12)19(21)22)14-17-11-5-3-2-4-10(11)15(20)18-14/h2-8,14,16-17H,1H3,(H,18,20). The third-order valence-electron chi connectivity index (χ3n) is 3.57. The fourth-order valence-electron chi connectivity index (χ4n) is 2.46. The highest BCUT2D eigenvalue weighted by molar-refractivity contribution is 6.01. The predicted molar refractivity (Wildman–Crippen MR) is 82.9 cm³/mol. The second kappa shape index (κ2) is 5.36. The van der Waals surface area contributed by atoms with Crippen molar-refractivity contribution in [3.63, 3.8) is 0 Å². The molecule has 1 unspecified atom stereocenters. The van der Waals surface area contributed by atoms with Gasteiger partial charge in [-0.15, -0.1) is 0 Å². The van der Waals surface area contributed by atoms with Crippen molar-refractivity contribution in [2.24, 2.45) is 0 Å². The number of amides is 1. The lowest BCUT2D eigenvalue weighted by Gasteiger charge is -2.28. The number of nitrogens with zero attached hydrogens (tertiary/aromatic N) is 1. The number of para-hydroxylation sites is 1. The number of carbonyl (C=O) groups excluding carboxylic acids is 1. The van der Waals surface area contributed by atoms with Gasteiger partial charge in [-0.1, -0.05) is 18.2 Å². The van der Waals surface area contributed by atoms with Crippen molar-refractivity contribution in [1.82, 2.24) is 5.32 Å². The molecule has 0 aliphatic carbocycles. The van der Waals surface area contributed by atoms with E-state index in [2.05, 4.69) is 16.0 Å². The summed E-state index contributed by atoms with van der Waals surface area (Å²) < 4.78 is 0. The summed E-state index contributed by atoms with van der Waals surface area (Å²) in [5.74, 6) is -0.209. The Morgan fingerprint density at radius 2 is 1.95 bits per heavy atom. The predicted octanol–water partition coefficient (Wildman–Crippen LogP) is 2.49. The van der Waals surface area contributed by atoms with Gasteiger partial charge < -0.3 is 16.0 Å². The van der Waals surface area contributed by atoms with E-state index in [0.29, 0.717) is 22.5 Å². The smallest absolute Gasteiger partial charge is 0.292 e. The third-order valence-corrected chi connectivity index (χ3v) is 3.57. The maximum absolute atomic E-state index is 12.1. The number of nitro benzene ring substituents is 1. The number of nitro groups is 1. The molecule has 22 heavy (non-hydrogen) atoms. The summed E-state index contributed by atoms with van der Waals surface area (Å²) in [4.78, 5) is 22.8. The van der Waals surface area contributed by atoms with Crippen molar-refractivity contribution in [1.29, 1.82) is 0 Å². The van der Waals surface area contributed by atoms with Crippen molar-refractivity contribution >= 4 is 23.0 Å². The second-order valence-corrected chi connectivity index (χ2v) is 4.88. The zero-order valence-corrected chi connectivity index (χ0v) is 11.8. The van der Waals surface area contributed by atoms with Gasteiger partial charge in [-0.3, -0.25) is 14.9 Å². The van der Waals surface area contributed by atoms with Crippen LogP contribution in [0.5, 0.6) is 0 Å². The van der Waals surface area contributed by atoms with Gasteiger partial charge >= 0.3 is 0 Å². The van der Waals surface area contributed by atoms with Gasteiger partial charge in [0.05, 0.1) is 10.5 Å². The molecule has 0 saturated carbocycles. The minimum atomic E-state index is -0.507. The Balaban J connectivity index is 1.98. The molecule has 1 aliphatic rings. The van der Waals surface area contributed by atoms with Crippen LogP contribution < -0.4 is 16.0 Å². The molecular formula is C15H14N4O3. The van der Waals surface area contributed by atoms with Gasteiger partial charge in [0, 0.05) is 24.4 Å². The largest absolute Gasteiger partial charge is 0.383 e. The van der Waals surface area contributed by atoms with Gasteiger partial charge in [-0.05, 0) is 18.2 Å². The topological polar surface area (TPSA) is 96.3 Å². The maximum Gasteiger partial charge on any atom is 0.292 e. The minimum Gasteiger partial charge on any atom is -0.383 e. The first-order valence-electron chi connectivity index (χ1n) is 6.72. The van der Waals surface area contributed by atoms with Gasteiger partial charge in [-0.25, -0.2) is 0 Å². The first kappa shape index (κ1) is 13.9. The maximum atomic E-state index is 12.1. The van der Waals surface area contributed by atoms with Crippen LogP contribution in [0, 0.1) is 10.1 Å². The molecule has 2 aromatic rings. The van der Waals surface area contributed by atoms with Gasteiger partial charge in [0.1, 0.15) is 11.9 Å². The number of fused-ring (bicyclic) bond motifs is 1. The average Bonchev–Trinajstić information content (AvgIpc) is 2.54. The van der Waals surface area contributed by atoms with Crippen LogP contribution in [0.3, 0.4) is 0 Å². The van der Waals surface area contributed by atoms with Crippen LogP contribution >= 0.6 is 0 Å². The Morgan fingerprint density at radius 1 is 1.18 bits per heavy atom. The zero-order chi connectivity index (χ0) is 15.7. The molecule has 0 spiro atoms. The van der Waals surface area contributed by atoms with Crippen molar-refractivity contribution in [3.05, 3.63) is 63.7 Å². The van der Waals surface area contributed by atoms with Gasteiger partial charge in [-0.2, -0.15) is 0 Å². The molecule has 1 amide bonds. The number of hydrogen-bond donors (Lipinski definition) is 3. The molecule has 0 fully saturated rings. The van der Waals surface area contributed by atoms with E-state index in [4.69, 9.17) is 0 Å². The number of hydrogen-bond acceptors (Lipinski definition) is 5. The molecule has 0 aromatic heterocycles. The highest BCUT2D eigenvalue weighted by Crippen LogP contribution is 2.31. The number of rotatable bonds is 3. The van der Waals surface area contributed by atoms with Crippen LogP contribution in [0.2, 0.25) is 0 Å². The number of benzene rings is 2. The van der Waals surface area contributed by atoms with Gasteiger partial charge in [0.15, 0.2) is 0 Å². The Kier molecular flexibility index (Phi) is 3.38. The Morgan fingerprint density at radius 3 is 2.68 bits per heavy atom. The fraction of sp³-hybridized carbons (Fsp3) is 0.133. The number of anilines is 2. The molecule has 3 rings (SSSR count). The van der Waals surface area contributed by atoms with Crippen LogP contribution in [0.1, 0.15) is 22.1 Å². The monoisotopic (exact) mass is 298 g/mol. The Bertz CT molecular complexity index is 760. The average molecular weight is 298 g/mol. The van der Waals surface area contributed by atoms with Gasteiger partial charge in [0.2, 0.25) is 0 Å². The van der Waals surface area contributed by atoms with E-state index >= 15 is 0 Å². The lowest BCUT2D eigenvalue weighted by molar-refractivity contribution is -0.384. The quantitative estimate of drug-likeness (QED) is 0.597. The molecule has 3 N–H and O–H groups in total. The van der Waals surface area contributed by atoms with E-state index in [1.54, 1.807) is 37.4 Å². The van der Waals surface area contributed by atoms with Crippen LogP contribution in [0.25, 0.3) is 0 Å². The van der Waals surface area contributed by atoms with Crippen molar-refractivity contribution in [2.45, 2.75) is 6.17 Å². The van der Waals surface area contributed by atoms with E-state index in [1.807, 2.05) is 6.07 Å². The van der Waals surface area contributed by atoms with Crippen LogP contribution in [-0.4, -0.2) is 17.9 Å². The fourth-order valence-corrected chi connectivity index (χ4v) is 2.46. The molecular weight excluding hydrogens is 284 g/mol. The normalized spacial score (nSPS) is 16.2. The van der Waals surface area contributed by atoms with Crippen molar-refractivity contribution in [2.75, 3.05) is 17.7 Å². The van der Waals surface area contributed by atoms with E-state index in [0.717, 1.165) is 0 Å². The molecule has 0 saturated heterocycles. The molecule has 1 heterocycles. The Labute approximate surface area is 126 Å². The number of carbonyl (C=O) groups is 1. The number of nitrogens with one attached hydrogen (secondary N) is 3. The SMILES string of the molecule is CNc1ccc(C2NC(=O)c3ccccc3N2)cc1[N+](=O)[O-]. The summed E-state index contributed by atoms with van der Waals surface area (Å²) in [6.45, 7) is 0. The van der Waals surface area contributed by atoms with Crippen molar-refractivity contribution < 1.29 is 9.72 Å². The molecule has 0 bridgehead atoms. The summed E-state index contributed by atoms with van der Waals surface area (Å²) in [7, 11) is 1.62. The zero-order valence-electron chi connectivity index (χ0n) is 11.8. The first-order chi connectivity index (χ1) is 10.6. The van der Waals surface area contributed by atoms with Crippen molar-refractivity contribution in [3.8, 4) is 0 Å². The van der Waals surface area contributed by atoms with E-state index < -0.39 is 11.1 Å². The molecule has 1 atom stereocenters. The van der Waals surface area contributed by atoms with Crippen LogP contribution in [0.15, 0.2) is 42.5 Å². The third kappa shape index (κ3) is 2.32. The lowest BCUT2D eigenvalue weighted by Crippen LogP contribution is -2.38. The molecule has 0 radical (unpaired) electrons. The summed E-state index contributed by atoms with van der Waals surface area (Å²) in [5, 5.41) is 19.9. The van der Waals surface area contributed by atoms with E-state index in [-0.39, 0.29) is 11.6 Å². The molecule has 1 aliphatic heterocycles. The molecule has 7 nitrogen and oxygen atoms in total. The highest BCUT2D eigenvalue weighted by Gasteiger charge is 2.26. The summed E-state index contributed by atoms with van der Waals surface area (Å²) >= 11 is 0. The minimum absolute atomic E-state index is 0.0325. The molecule has 7 heteroatoms. The van der Waals surface area contributed by atoms with E-state index in [9.17, 15) is 14.9 Å². The van der Waals surface area contributed by atoms with E-state index in [1.165, 1.54) is 6.07 Å². The summed E-state index contributed by atoms with van der Waals surface area (Å²) in [6, 6.07) is 12.0. The van der Waals surface area contributed by atoms with Gasteiger partial charge in [0.25, 0.3) is 11.6 Å². The lowest BCUT2D eigenvalue weighted by atomic mass is 10.0. The van der Waals surface area contributed by atoms with Crippen LogP contribution in [-0.2, 0) is 0 Å².